The van der Waals surface area contributed by atoms with Crippen molar-refractivity contribution < 1.29 is 14.0 Å². The lowest BCUT2D eigenvalue weighted by molar-refractivity contribution is -0.126. The van der Waals surface area contributed by atoms with Crippen LogP contribution in [-0.2, 0) is 9.59 Å². The molecule has 108 valence electrons. The first kappa shape index (κ1) is 15.9. The molecule has 2 amide bonds. The molecule has 0 saturated carbocycles. The average Bonchev–Trinajstić information content (AvgIpc) is 2.43. The van der Waals surface area contributed by atoms with Gasteiger partial charge in [0.05, 0.1) is 0 Å². The normalized spacial score (nSPS) is 12.2. The molecule has 0 aliphatic rings. The molecule has 0 heterocycles. The summed E-state index contributed by atoms with van der Waals surface area (Å²) in [5, 5.41) is 5.20. The van der Waals surface area contributed by atoms with Crippen LogP contribution >= 0.6 is 0 Å². The molecule has 0 aliphatic heterocycles. The zero-order valence-corrected chi connectivity index (χ0v) is 11.7. The lowest BCUT2D eigenvalue weighted by Gasteiger charge is -2.12. The van der Waals surface area contributed by atoms with Gasteiger partial charge in [0.1, 0.15) is 11.9 Å². The summed E-state index contributed by atoms with van der Waals surface area (Å²) < 4.78 is 13.3. The highest BCUT2D eigenvalue weighted by molar-refractivity contribution is 5.95. The molecule has 0 fully saturated rings. The Bertz CT molecular complexity index is 500. The van der Waals surface area contributed by atoms with Gasteiger partial charge in [0.15, 0.2) is 0 Å². The lowest BCUT2D eigenvalue weighted by atomic mass is 10.2. The Balaban J connectivity index is 2.51. The van der Waals surface area contributed by atoms with E-state index in [2.05, 4.69) is 10.6 Å². The van der Waals surface area contributed by atoms with Crippen molar-refractivity contribution in [2.24, 2.45) is 0 Å². The summed E-state index contributed by atoms with van der Waals surface area (Å²) in [6.45, 7) is 4.12. The first-order valence-corrected chi connectivity index (χ1v) is 6.55. The van der Waals surface area contributed by atoms with E-state index in [0.717, 1.165) is 6.42 Å². The highest BCUT2D eigenvalue weighted by Gasteiger charge is 2.13. The van der Waals surface area contributed by atoms with Gasteiger partial charge < -0.3 is 10.6 Å². The Morgan fingerprint density at radius 2 is 2.05 bits per heavy atom. The molecule has 1 aromatic carbocycles. The summed E-state index contributed by atoms with van der Waals surface area (Å²) in [6.07, 6.45) is 3.42. The maximum absolute atomic E-state index is 13.3. The maximum atomic E-state index is 13.3. The number of hydrogen-bond acceptors (Lipinski definition) is 2. The van der Waals surface area contributed by atoms with Crippen LogP contribution in [0, 0.1) is 5.82 Å². The Labute approximate surface area is 118 Å². The molecule has 1 rings (SSSR count). The van der Waals surface area contributed by atoms with E-state index in [4.69, 9.17) is 0 Å². The van der Waals surface area contributed by atoms with E-state index in [1.165, 1.54) is 18.2 Å². The molecule has 1 atom stereocenters. The molecule has 0 spiro atoms. The quantitative estimate of drug-likeness (QED) is 0.780. The van der Waals surface area contributed by atoms with E-state index in [0.29, 0.717) is 12.1 Å². The van der Waals surface area contributed by atoms with Gasteiger partial charge in [-0.2, -0.15) is 0 Å². The number of nitrogens with one attached hydrogen (secondary N) is 2. The molecule has 20 heavy (non-hydrogen) atoms. The predicted octanol–water partition coefficient (Wildman–Crippen LogP) is 1.87. The van der Waals surface area contributed by atoms with Gasteiger partial charge in [-0.25, -0.2) is 4.39 Å². The SMILES string of the molecule is CCCNC(=O)[C@H](C)NC(=O)/C=C/c1ccccc1F. The third kappa shape index (κ3) is 5.22. The number of carbonyl (C=O) groups is 2. The van der Waals surface area contributed by atoms with Crippen LogP contribution in [-0.4, -0.2) is 24.4 Å². The zero-order chi connectivity index (χ0) is 15.0. The minimum absolute atomic E-state index is 0.237. The molecule has 0 unspecified atom stereocenters. The topological polar surface area (TPSA) is 58.2 Å². The average molecular weight is 278 g/mol. The number of carbonyl (C=O) groups excluding carboxylic acids is 2. The summed E-state index contributed by atoms with van der Waals surface area (Å²) in [4.78, 5) is 23.2. The molecule has 0 aromatic heterocycles. The molecular formula is C15H19FN2O2. The first-order valence-electron chi connectivity index (χ1n) is 6.55. The number of rotatable bonds is 6. The fraction of sp³-hybridized carbons (Fsp3) is 0.333. The number of amides is 2. The second-order valence-electron chi connectivity index (χ2n) is 4.38. The van der Waals surface area contributed by atoms with E-state index in [-0.39, 0.29) is 5.91 Å². The van der Waals surface area contributed by atoms with Crippen LogP contribution in [0.5, 0.6) is 0 Å². The van der Waals surface area contributed by atoms with E-state index in [1.807, 2.05) is 6.92 Å². The fourth-order valence-corrected chi connectivity index (χ4v) is 1.50. The summed E-state index contributed by atoms with van der Waals surface area (Å²) in [5.41, 5.74) is 0.325. The van der Waals surface area contributed by atoms with Crippen LogP contribution in [0.2, 0.25) is 0 Å². The van der Waals surface area contributed by atoms with Gasteiger partial charge in [-0.05, 0) is 25.5 Å². The molecule has 0 aliphatic carbocycles. The largest absolute Gasteiger partial charge is 0.354 e. The fourth-order valence-electron chi connectivity index (χ4n) is 1.50. The van der Waals surface area contributed by atoms with Crippen molar-refractivity contribution in [3.8, 4) is 0 Å². The number of benzene rings is 1. The van der Waals surface area contributed by atoms with Gasteiger partial charge >= 0.3 is 0 Å². The van der Waals surface area contributed by atoms with Crippen LogP contribution < -0.4 is 10.6 Å². The summed E-state index contributed by atoms with van der Waals surface area (Å²) in [7, 11) is 0. The molecule has 0 bridgehead atoms. The predicted molar refractivity (Wildman–Crippen MR) is 76.3 cm³/mol. The van der Waals surface area contributed by atoms with Gasteiger partial charge in [0, 0.05) is 18.2 Å². The molecule has 4 nitrogen and oxygen atoms in total. The number of hydrogen-bond donors (Lipinski definition) is 2. The smallest absolute Gasteiger partial charge is 0.244 e. The van der Waals surface area contributed by atoms with Crippen molar-refractivity contribution in [2.45, 2.75) is 26.3 Å². The zero-order valence-electron chi connectivity index (χ0n) is 11.7. The van der Waals surface area contributed by atoms with Crippen molar-refractivity contribution in [3.63, 3.8) is 0 Å². The van der Waals surface area contributed by atoms with Gasteiger partial charge in [0.2, 0.25) is 11.8 Å². The maximum Gasteiger partial charge on any atom is 0.244 e. The second kappa shape index (κ2) is 8.09. The molecule has 5 heteroatoms. The lowest BCUT2D eigenvalue weighted by Crippen LogP contribution is -2.44. The monoisotopic (exact) mass is 278 g/mol. The van der Waals surface area contributed by atoms with Crippen molar-refractivity contribution >= 4 is 17.9 Å². The number of halogens is 1. The Hall–Kier alpha value is -2.17. The van der Waals surface area contributed by atoms with Gasteiger partial charge in [-0.15, -0.1) is 0 Å². The van der Waals surface area contributed by atoms with Crippen molar-refractivity contribution in [3.05, 3.63) is 41.7 Å². The Morgan fingerprint density at radius 1 is 1.35 bits per heavy atom. The molecule has 0 radical (unpaired) electrons. The van der Waals surface area contributed by atoms with Gasteiger partial charge in [-0.1, -0.05) is 25.1 Å². The summed E-state index contributed by atoms with van der Waals surface area (Å²) in [6, 6.07) is 5.52. The highest BCUT2D eigenvalue weighted by Crippen LogP contribution is 2.07. The van der Waals surface area contributed by atoms with E-state index < -0.39 is 17.8 Å². The van der Waals surface area contributed by atoms with Crippen LogP contribution in [0.15, 0.2) is 30.3 Å². The second-order valence-corrected chi connectivity index (χ2v) is 4.38. The van der Waals surface area contributed by atoms with Crippen LogP contribution in [0.3, 0.4) is 0 Å². The molecule has 2 N–H and O–H groups in total. The van der Waals surface area contributed by atoms with Crippen molar-refractivity contribution in [1.29, 1.82) is 0 Å². The van der Waals surface area contributed by atoms with Crippen LogP contribution in [0.1, 0.15) is 25.8 Å². The van der Waals surface area contributed by atoms with E-state index in [9.17, 15) is 14.0 Å². The molecule has 1 aromatic rings. The highest BCUT2D eigenvalue weighted by atomic mass is 19.1. The van der Waals surface area contributed by atoms with Gasteiger partial charge in [0.25, 0.3) is 0 Å². The molecule has 0 saturated heterocycles. The Kier molecular flexibility index (Phi) is 6.43. The third-order valence-electron chi connectivity index (χ3n) is 2.62. The minimum Gasteiger partial charge on any atom is -0.354 e. The summed E-state index contributed by atoms with van der Waals surface area (Å²) in [5.74, 6) is -1.07. The van der Waals surface area contributed by atoms with Crippen molar-refractivity contribution in [2.75, 3.05) is 6.54 Å². The Morgan fingerprint density at radius 3 is 2.70 bits per heavy atom. The van der Waals surface area contributed by atoms with E-state index >= 15 is 0 Å². The van der Waals surface area contributed by atoms with Crippen LogP contribution in [0.4, 0.5) is 4.39 Å². The summed E-state index contributed by atoms with van der Waals surface area (Å²) >= 11 is 0. The van der Waals surface area contributed by atoms with Gasteiger partial charge in [-0.3, -0.25) is 9.59 Å². The van der Waals surface area contributed by atoms with Crippen molar-refractivity contribution in [1.82, 2.24) is 10.6 Å². The van der Waals surface area contributed by atoms with Crippen LogP contribution in [0.25, 0.3) is 6.08 Å². The van der Waals surface area contributed by atoms with E-state index in [1.54, 1.807) is 25.1 Å². The minimum atomic E-state index is -0.626. The first-order chi connectivity index (χ1) is 9.54. The third-order valence-corrected chi connectivity index (χ3v) is 2.62. The molecular weight excluding hydrogens is 259 g/mol. The standard InChI is InChI=1S/C15H19FN2O2/c1-3-10-17-15(20)11(2)18-14(19)9-8-12-6-4-5-7-13(12)16/h4-9,11H,3,10H2,1-2H3,(H,17,20)(H,18,19)/b9-8+/t11-/m0/s1.